The van der Waals surface area contributed by atoms with Gasteiger partial charge in [0.25, 0.3) is 11.8 Å². The average molecular weight is 579 g/mol. The Morgan fingerprint density at radius 1 is 1.29 bits per heavy atom. The summed E-state index contributed by atoms with van der Waals surface area (Å²) in [5.41, 5.74) is 1.74. The molecule has 20 heteroatoms. The van der Waals surface area contributed by atoms with Gasteiger partial charge in [-0.3, -0.25) is 14.5 Å². The van der Waals surface area contributed by atoms with Crippen molar-refractivity contribution < 1.29 is 34.2 Å². The van der Waals surface area contributed by atoms with E-state index < -0.39 is 47.5 Å². The normalized spacial score (nSPS) is 19.2. The van der Waals surface area contributed by atoms with Crippen LogP contribution >= 0.6 is 35.1 Å². The van der Waals surface area contributed by atoms with E-state index in [9.17, 15) is 24.3 Å². The number of carbonyl (C=O) groups is 4. The highest BCUT2D eigenvalue weighted by molar-refractivity contribution is 8.01. The zero-order valence-corrected chi connectivity index (χ0v) is 21.1. The van der Waals surface area contributed by atoms with Crippen molar-refractivity contribution >= 4 is 70.2 Å². The topological polar surface area (TPSA) is 227 Å². The molecule has 17 nitrogen and oxygen atoms in total. The number of amides is 2. The second kappa shape index (κ2) is 10.7. The van der Waals surface area contributed by atoms with Crippen LogP contribution in [0.5, 0.6) is 0 Å². The lowest BCUT2D eigenvalue weighted by Gasteiger charge is -2.49. The minimum atomic E-state index is -1.31. The molecule has 0 aromatic carbocycles. The van der Waals surface area contributed by atoms with Crippen LogP contribution in [0.1, 0.15) is 5.82 Å². The molecule has 5 heterocycles. The Balaban J connectivity index is 1.29. The van der Waals surface area contributed by atoms with Gasteiger partial charge in [0.2, 0.25) is 18.1 Å². The number of carbonyl (C=O) groups excluding carboxylic acids is 2. The number of carboxylic acid groups (broad SMARTS) is 2. The number of fused-ring (bicyclic) bond motifs is 2. The Morgan fingerprint density at radius 2 is 2.13 bits per heavy atom. The van der Waals surface area contributed by atoms with Gasteiger partial charge in [0.1, 0.15) is 27.6 Å². The Bertz CT molecular complexity index is 1490. The molecule has 0 aliphatic carbocycles. The first kappa shape index (κ1) is 25.5. The van der Waals surface area contributed by atoms with E-state index in [1.165, 1.54) is 33.7 Å². The molecule has 0 saturated carbocycles. The van der Waals surface area contributed by atoms with Crippen molar-refractivity contribution in [2.24, 2.45) is 5.16 Å². The van der Waals surface area contributed by atoms with Gasteiger partial charge in [0, 0.05) is 11.5 Å². The zero-order chi connectivity index (χ0) is 26.8. The van der Waals surface area contributed by atoms with Crippen molar-refractivity contribution in [3.8, 4) is 0 Å². The van der Waals surface area contributed by atoms with Gasteiger partial charge in [-0.2, -0.15) is 4.37 Å². The van der Waals surface area contributed by atoms with Crippen molar-refractivity contribution in [2.75, 3.05) is 18.1 Å². The fourth-order valence-electron chi connectivity index (χ4n) is 3.49. The van der Waals surface area contributed by atoms with E-state index in [-0.39, 0.29) is 17.3 Å². The van der Waals surface area contributed by atoms with Crippen LogP contribution in [0.4, 0.5) is 0 Å². The summed E-state index contributed by atoms with van der Waals surface area (Å²) in [6, 6.07) is 2.32. The van der Waals surface area contributed by atoms with Crippen molar-refractivity contribution in [1.29, 1.82) is 0 Å². The number of thioether (sulfide) groups is 2. The lowest BCUT2D eigenvalue weighted by atomic mass is 10.0. The molecule has 3 N–H and O–H groups in total. The summed E-state index contributed by atoms with van der Waals surface area (Å²) in [6.07, 6.45) is 0. The van der Waals surface area contributed by atoms with Crippen LogP contribution in [0, 0.1) is 0 Å². The molecule has 2 atom stereocenters. The third-order valence-electron chi connectivity index (χ3n) is 5.11. The highest BCUT2D eigenvalue weighted by atomic mass is 32.2. The molecule has 1 saturated heterocycles. The predicted molar refractivity (Wildman–Crippen MR) is 129 cm³/mol. The van der Waals surface area contributed by atoms with Gasteiger partial charge in [-0.05, 0) is 39.7 Å². The Kier molecular flexibility index (Phi) is 7.15. The minimum Gasteiger partial charge on any atom is -0.479 e. The first-order valence-corrected chi connectivity index (χ1v) is 13.3. The number of β-lactam (4-membered cyclic amide) rings is 1. The number of nitrogens with one attached hydrogen (secondary N) is 1. The largest absolute Gasteiger partial charge is 0.479 e. The molecule has 0 bridgehead atoms. The molecule has 2 aliphatic heterocycles. The van der Waals surface area contributed by atoms with Crippen molar-refractivity contribution in [2.45, 2.75) is 16.4 Å². The van der Waals surface area contributed by atoms with Crippen LogP contribution in [0.25, 0.3) is 5.65 Å². The first-order valence-electron chi connectivity index (χ1n) is 10.4. The lowest BCUT2D eigenvalue weighted by molar-refractivity contribution is -0.150. The Labute approximate surface area is 223 Å². The van der Waals surface area contributed by atoms with Crippen LogP contribution in [0.2, 0.25) is 0 Å². The highest BCUT2D eigenvalue weighted by Gasteiger charge is 2.54. The number of hydrogen-bond acceptors (Lipinski definition) is 15. The quantitative estimate of drug-likeness (QED) is 0.110. The monoisotopic (exact) mass is 578 g/mol. The molecular formula is C18H14N10O7S3. The smallest absolute Gasteiger partial charge is 0.352 e. The summed E-state index contributed by atoms with van der Waals surface area (Å²) < 4.78 is 5.15. The van der Waals surface area contributed by atoms with E-state index in [2.05, 4.69) is 45.3 Å². The Hall–Kier alpha value is -4.17. The van der Waals surface area contributed by atoms with E-state index >= 15 is 0 Å². The summed E-state index contributed by atoms with van der Waals surface area (Å²) in [6.45, 7) is -0.803. The molecule has 3 aromatic heterocycles. The van der Waals surface area contributed by atoms with Gasteiger partial charge >= 0.3 is 11.9 Å². The molecule has 0 spiro atoms. The van der Waals surface area contributed by atoms with E-state index in [4.69, 9.17) is 5.11 Å². The van der Waals surface area contributed by atoms with Gasteiger partial charge in [-0.15, -0.1) is 38.4 Å². The molecule has 1 unspecified atom stereocenters. The third-order valence-corrected chi connectivity index (χ3v) is 7.93. The van der Waals surface area contributed by atoms with E-state index in [1.54, 1.807) is 12.1 Å². The molecule has 2 aliphatic rings. The number of hydrogen-bond donors (Lipinski definition) is 3. The second-order valence-electron chi connectivity index (χ2n) is 7.47. The van der Waals surface area contributed by atoms with Crippen LogP contribution in [0.15, 0.2) is 39.1 Å². The SMILES string of the molecule is O=C(O)CO/N=C(\C(=O)NC1C(=O)N2C(C(=O)O)=C(CSc3ccc4nnnn4n3)CS[C@H]12)c1ncsn1. The molecule has 196 valence electrons. The second-order valence-corrected chi connectivity index (χ2v) is 10.2. The van der Waals surface area contributed by atoms with Gasteiger partial charge in [-0.25, -0.2) is 14.6 Å². The maximum atomic E-state index is 13.0. The molecular weight excluding hydrogens is 564 g/mol. The lowest BCUT2D eigenvalue weighted by Crippen LogP contribution is -2.71. The Morgan fingerprint density at radius 3 is 2.87 bits per heavy atom. The standard InChI is InChI=1S/C18H14N10O7S3/c29-10(30)3-35-23-11(14-19-6-38-24-14)15(31)20-12-16(32)27-13(18(33)34)7(5-37-17(12)27)4-36-9-2-1-8-21-25-26-28(8)22-9/h1-2,6,12,17H,3-5H2,(H,20,31)(H,29,30)(H,33,34)/b23-11-/t12?,17-/m1/s1. The molecule has 0 radical (unpaired) electrons. The molecule has 2 amide bonds. The summed E-state index contributed by atoms with van der Waals surface area (Å²) in [5.74, 6) is -3.66. The maximum Gasteiger partial charge on any atom is 0.352 e. The molecule has 5 rings (SSSR count). The fourth-order valence-corrected chi connectivity index (χ4v) is 6.25. The number of oxime groups is 1. The maximum absolute atomic E-state index is 13.0. The van der Waals surface area contributed by atoms with Crippen molar-refractivity contribution in [3.05, 3.63) is 34.7 Å². The number of tetrazole rings is 1. The van der Waals surface area contributed by atoms with Gasteiger partial charge in [0.15, 0.2) is 5.65 Å². The van der Waals surface area contributed by atoms with Gasteiger partial charge in [-0.1, -0.05) is 5.16 Å². The van der Waals surface area contributed by atoms with Crippen molar-refractivity contribution in [3.63, 3.8) is 0 Å². The first-order chi connectivity index (χ1) is 18.3. The number of nitrogens with zero attached hydrogens (tertiary/aromatic N) is 9. The van der Waals surface area contributed by atoms with Crippen LogP contribution < -0.4 is 5.32 Å². The predicted octanol–water partition coefficient (Wildman–Crippen LogP) is -1.29. The number of rotatable bonds is 10. The van der Waals surface area contributed by atoms with Gasteiger partial charge < -0.3 is 20.4 Å². The summed E-state index contributed by atoms with van der Waals surface area (Å²) in [7, 11) is 0. The van der Waals surface area contributed by atoms with E-state index in [1.807, 2.05) is 0 Å². The summed E-state index contributed by atoms with van der Waals surface area (Å²) in [4.78, 5) is 58.3. The van der Waals surface area contributed by atoms with Gasteiger partial charge in [0.05, 0.1) is 0 Å². The summed E-state index contributed by atoms with van der Waals surface area (Å²) >= 11 is 3.48. The van der Waals surface area contributed by atoms with Crippen LogP contribution in [0.3, 0.4) is 0 Å². The van der Waals surface area contributed by atoms with Crippen LogP contribution in [-0.4, -0.2) is 109 Å². The third kappa shape index (κ3) is 4.99. The summed E-state index contributed by atoms with van der Waals surface area (Å²) in [5, 5.41) is 39.8. The highest BCUT2D eigenvalue weighted by Crippen LogP contribution is 2.41. The fraction of sp³-hybridized carbons (Fsp3) is 0.278. The average Bonchev–Trinajstić information content (AvgIpc) is 3.59. The van der Waals surface area contributed by atoms with E-state index in [0.717, 1.165) is 16.4 Å². The molecule has 3 aromatic rings. The number of carboxylic acids is 2. The number of aromatic nitrogens is 7. The molecule has 38 heavy (non-hydrogen) atoms. The van der Waals surface area contributed by atoms with E-state index in [0.29, 0.717) is 22.0 Å². The minimum absolute atomic E-state index is 0.114. The van der Waals surface area contributed by atoms with Crippen molar-refractivity contribution in [1.82, 2.24) is 44.8 Å². The molecule has 1 fully saturated rings. The number of aliphatic carboxylic acids is 2. The van der Waals surface area contributed by atoms with Crippen LogP contribution in [-0.2, 0) is 24.0 Å². The zero-order valence-electron chi connectivity index (χ0n) is 18.7.